The summed E-state index contributed by atoms with van der Waals surface area (Å²) in [6, 6.07) is 0. The van der Waals surface area contributed by atoms with Crippen molar-refractivity contribution >= 4 is 12.4 Å². The number of amides is 1. The van der Waals surface area contributed by atoms with E-state index in [4.69, 9.17) is 14.9 Å². The van der Waals surface area contributed by atoms with Gasteiger partial charge in [0.25, 0.3) is 17.9 Å². The van der Waals surface area contributed by atoms with Crippen molar-refractivity contribution in [3.63, 3.8) is 0 Å². The zero-order chi connectivity index (χ0) is 22.2. The van der Waals surface area contributed by atoms with E-state index in [9.17, 15) is 9.59 Å². The van der Waals surface area contributed by atoms with Crippen molar-refractivity contribution in [1.29, 1.82) is 0 Å². The molecule has 1 saturated carbocycles. The highest BCUT2D eigenvalue weighted by Crippen LogP contribution is 2.45. The third-order valence-electron chi connectivity index (χ3n) is 6.66. The van der Waals surface area contributed by atoms with Gasteiger partial charge < -0.3 is 15.0 Å². The summed E-state index contributed by atoms with van der Waals surface area (Å²) < 4.78 is 0. The second-order valence-corrected chi connectivity index (χ2v) is 8.69. The van der Waals surface area contributed by atoms with E-state index in [0.717, 1.165) is 73.5 Å². The minimum atomic E-state index is -0.250. The molecule has 1 saturated heterocycles. The largest absolute Gasteiger partial charge is 0.483 e. The molecule has 1 spiro atoms. The van der Waals surface area contributed by atoms with Crippen LogP contribution in [0.1, 0.15) is 76.8 Å². The highest BCUT2D eigenvalue weighted by atomic mass is 16.3. The summed E-state index contributed by atoms with van der Waals surface area (Å²) in [7, 11) is 0. The number of hydrogen-bond donors (Lipinski definition) is 2. The van der Waals surface area contributed by atoms with E-state index < -0.39 is 0 Å². The van der Waals surface area contributed by atoms with Gasteiger partial charge in [0.15, 0.2) is 0 Å². The van der Waals surface area contributed by atoms with Crippen LogP contribution in [0.4, 0.5) is 0 Å². The molecule has 2 fully saturated rings. The number of hydrogen-bond acceptors (Lipinski definition) is 6. The van der Waals surface area contributed by atoms with Crippen molar-refractivity contribution in [3.8, 4) is 0 Å². The first-order valence-electron chi connectivity index (χ1n) is 10.7. The molecule has 1 unspecified atom stereocenters. The molecule has 5 rings (SSSR count). The number of piperidine rings is 1. The molecule has 2 aromatic heterocycles. The van der Waals surface area contributed by atoms with Crippen molar-refractivity contribution in [1.82, 2.24) is 24.8 Å². The molecule has 2 N–H and O–H groups in total. The van der Waals surface area contributed by atoms with E-state index in [1.54, 1.807) is 0 Å². The summed E-state index contributed by atoms with van der Waals surface area (Å²) in [6.45, 7) is 4.81. The molecule has 9 nitrogen and oxygen atoms in total. The summed E-state index contributed by atoms with van der Waals surface area (Å²) in [4.78, 5) is 52.6. The first-order valence-corrected chi connectivity index (χ1v) is 10.7. The second kappa shape index (κ2) is 8.20. The molecule has 3 aliphatic rings. The number of carbonyl (C=O) groups excluding carboxylic acids is 1. The Kier molecular flexibility index (Phi) is 5.60. The van der Waals surface area contributed by atoms with Crippen LogP contribution >= 0.6 is 0 Å². The Hall–Kier alpha value is -3.10. The molecule has 0 radical (unpaired) electrons. The van der Waals surface area contributed by atoms with Crippen LogP contribution in [0.2, 0.25) is 0 Å². The minimum Gasteiger partial charge on any atom is -0.483 e. The number of likely N-dealkylation sites (tertiary alicyclic amines) is 1. The van der Waals surface area contributed by atoms with Crippen molar-refractivity contribution in [3.05, 3.63) is 50.7 Å². The van der Waals surface area contributed by atoms with E-state index in [1.807, 2.05) is 18.7 Å². The number of aromatic nitrogens is 4. The van der Waals surface area contributed by atoms with Crippen LogP contribution in [0.25, 0.3) is 0 Å². The predicted molar refractivity (Wildman–Crippen MR) is 112 cm³/mol. The molecule has 0 aromatic carbocycles. The Labute approximate surface area is 180 Å². The zero-order valence-corrected chi connectivity index (χ0v) is 17.8. The first kappa shape index (κ1) is 21.1. The molecule has 164 valence electrons. The van der Waals surface area contributed by atoms with Gasteiger partial charge in [0, 0.05) is 30.0 Å². The molecule has 9 heteroatoms. The lowest BCUT2D eigenvalue weighted by atomic mass is 9.77. The fraction of sp³-hybridized carbons (Fsp3) is 0.545. The number of nitrogens with zero attached hydrogens (tertiary/aromatic N) is 4. The number of carbonyl (C=O) groups is 2. The molecule has 31 heavy (non-hydrogen) atoms. The van der Waals surface area contributed by atoms with Crippen LogP contribution < -0.4 is 5.56 Å². The number of aryl methyl sites for hydroxylation is 2. The van der Waals surface area contributed by atoms with E-state index >= 15 is 0 Å². The Balaban J connectivity index is 0.000000730. The van der Waals surface area contributed by atoms with Gasteiger partial charge in [0.05, 0.1) is 22.6 Å². The summed E-state index contributed by atoms with van der Waals surface area (Å²) in [6.07, 6.45) is 7.24. The zero-order valence-electron chi connectivity index (χ0n) is 17.8. The van der Waals surface area contributed by atoms with Crippen LogP contribution in [-0.2, 0) is 16.6 Å². The maximum absolute atomic E-state index is 13.3. The maximum atomic E-state index is 13.3. The molecule has 0 bridgehead atoms. The highest BCUT2D eigenvalue weighted by Gasteiger charge is 2.46. The van der Waals surface area contributed by atoms with Gasteiger partial charge in [0.1, 0.15) is 12.2 Å². The van der Waals surface area contributed by atoms with Gasteiger partial charge in [0.2, 0.25) is 0 Å². The molecule has 2 aliphatic carbocycles. The predicted octanol–water partition coefficient (Wildman–Crippen LogP) is 1.88. The van der Waals surface area contributed by atoms with Gasteiger partial charge in [-0.3, -0.25) is 14.4 Å². The van der Waals surface area contributed by atoms with Crippen molar-refractivity contribution < 1.29 is 14.7 Å². The molecular weight excluding hydrogens is 398 g/mol. The Morgan fingerprint density at radius 1 is 1.26 bits per heavy atom. The Morgan fingerprint density at radius 3 is 2.58 bits per heavy atom. The minimum absolute atomic E-state index is 0.00428. The molecule has 1 atom stereocenters. The SMILES string of the molecule is Cc1ncnc(C)c1C(=O)N1CCCC2(CCc3c2nc(C2CC2)[nH]c3=O)C1.O=CO. The number of carboxylic acid groups (broad SMARTS) is 1. The van der Waals surface area contributed by atoms with Crippen molar-refractivity contribution in [2.45, 2.75) is 63.7 Å². The summed E-state index contributed by atoms with van der Waals surface area (Å²) in [5.74, 6) is 1.25. The third kappa shape index (κ3) is 3.84. The fourth-order valence-electron chi connectivity index (χ4n) is 4.98. The second-order valence-electron chi connectivity index (χ2n) is 8.69. The molecule has 1 aliphatic heterocycles. The number of H-pyrrole nitrogens is 1. The van der Waals surface area contributed by atoms with Gasteiger partial charge >= 0.3 is 0 Å². The maximum Gasteiger partial charge on any atom is 0.290 e. The Morgan fingerprint density at radius 2 is 1.94 bits per heavy atom. The number of fused-ring (bicyclic) bond motifs is 2. The number of aromatic amines is 1. The molecule has 3 heterocycles. The van der Waals surface area contributed by atoms with Gasteiger partial charge in [-0.15, -0.1) is 0 Å². The van der Waals surface area contributed by atoms with Crippen LogP contribution in [0.15, 0.2) is 11.1 Å². The fourth-order valence-corrected chi connectivity index (χ4v) is 4.98. The van der Waals surface area contributed by atoms with Crippen LogP contribution in [0.5, 0.6) is 0 Å². The molecular formula is C22H27N5O4. The Bertz CT molecular complexity index is 1060. The number of rotatable bonds is 2. The lowest BCUT2D eigenvalue weighted by Crippen LogP contribution is -2.48. The monoisotopic (exact) mass is 425 g/mol. The topological polar surface area (TPSA) is 129 Å². The van der Waals surface area contributed by atoms with E-state index in [1.165, 1.54) is 6.33 Å². The van der Waals surface area contributed by atoms with Crippen molar-refractivity contribution in [2.24, 2.45) is 0 Å². The lowest BCUT2D eigenvalue weighted by Gasteiger charge is -2.40. The average Bonchev–Trinajstić information content (AvgIpc) is 3.53. The molecule has 2 aromatic rings. The molecule has 1 amide bonds. The summed E-state index contributed by atoms with van der Waals surface area (Å²) >= 11 is 0. The van der Waals surface area contributed by atoms with Crippen LogP contribution in [0, 0.1) is 13.8 Å². The summed E-state index contributed by atoms with van der Waals surface area (Å²) in [5.41, 5.74) is 3.65. The van der Waals surface area contributed by atoms with Gasteiger partial charge in [-0.1, -0.05) is 0 Å². The highest BCUT2D eigenvalue weighted by molar-refractivity contribution is 5.96. The quantitative estimate of drug-likeness (QED) is 0.703. The van der Waals surface area contributed by atoms with Crippen LogP contribution in [0.3, 0.4) is 0 Å². The van der Waals surface area contributed by atoms with Gasteiger partial charge in [-0.05, 0) is 52.4 Å². The third-order valence-corrected chi connectivity index (χ3v) is 6.66. The average molecular weight is 425 g/mol. The summed E-state index contributed by atoms with van der Waals surface area (Å²) in [5, 5.41) is 6.89. The normalized spacial score (nSPS) is 21.9. The van der Waals surface area contributed by atoms with Crippen molar-refractivity contribution in [2.75, 3.05) is 13.1 Å². The van der Waals surface area contributed by atoms with Crippen LogP contribution in [-0.4, -0.2) is 55.4 Å². The van der Waals surface area contributed by atoms with Gasteiger partial charge in [-0.25, -0.2) is 15.0 Å². The smallest absolute Gasteiger partial charge is 0.290 e. The first-order chi connectivity index (χ1) is 14.9. The van der Waals surface area contributed by atoms with E-state index in [0.29, 0.717) is 18.0 Å². The van der Waals surface area contributed by atoms with E-state index in [2.05, 4.69) is 15.0 Å². The standard InChI is InChI=1S/C21H25N5O2.CH2O2/c1-12-16(13(2)23-11-22-12)20(28)26-9-3-7-21(10-26)8-6-15-17(21)24-18(14-4-5-14)25-19(15)27;2-1-3/h11,14H,3-10H2,1-2H3,(H,24,25,27);1H,(H,2,3). The number of nitrogens with one attached hydrogen (secondary N) is 1. The lowest BCUT2D eigenvalue weighted by molar-refractivity contribution is -0.122. The van der Waals surface area contributed by atoms with E-state index in [-0.39, 0.29) is 23.4 Å². The van der Waals surface area contributed by atoms with Gasteiger partial charge in [-0.2, -0.15) is 0 Å².